The molecule has 1 saturated heterocycles. The van der Waals surface area contributed by atoms with Gasteiger partial charge in [0.1, 0.15) is 10.8 Å². The van der Waals surface area contributed by atoms with Gasteiger partial charge in [-0.1, -0.05) is 34.8 Å². The van der Waals surface area contributed by atoms with E-state index in [9.17, 15) is 4.79 Å². The van der Waals surface area contributed by atoms with Gasteiger partial charge in [0, 0.05) is 20.0 Å². The van der Waals surface area contributed by atoms with Crippen LogP contribution in [-0.4, -0.2) is 47.2 Å². The third-order valence-electron chi connectivity index (χ3n) is 4.71. The van der Waals surface area contributed by atoms with E-state index in [1.165, 1.54) is 13.1 Å². The van der Waals surface area contributed by atoms with Crippen LogP contribution in [-0.2, 0) is 9.53 Å². The van der Waals surface area contributed by atoms with Crippen LogP contribution in [0.15, 0.2) is 36.7 Å². The summed E-state index contributed by atoms with van der Waals surface area (Å²) in [6.07, 6.45) is 3.17. The molecule has 172 valence electrons. The van der Waals surface area contributed by atoms with Gasteiger partial charge in [0.05, 0.1) is 52.7 Å². The molecule has 33 heavy (non-hydrogen) atoms. The molecule has 1 amide bonds. The molecule has 3 aromatic rings. The number of anilines is 6. The van der Waals surface area contributed by atoms with Crippen LogP contribution in [0.1, 0.15) is 6.92 Å². The van der Waals surface area contributed by atoms with Crippen molar-refractivity contribution in [3.63, 3.8) is 0 Å². The van der Waals surface area contributed by atoms with Crippen molar-refractivity contribution < 1.29 is 9.53 Å². The number of nitrogens with one attached hydrogen (secondary N) is 3. The monoisotopic (exact) mass is 507 g/mol. The van der Waals surface area contributed by atoms with Crippen LogP contribution in [0.5, 0.6) is 0 Å². The molecule has 2 aromatic heterocycles. The summed E-state index contributed by atoms with van der Waals surface area (Å²) < 4.78 is 5.38. The molecular weight excluding hydrogens is 489 g/mol. The first-order valence-electron chi connectivity index (χ1n) is 10.0. The number of ether oxygens (including phenoxy) is 1. The third-order valence-corrected chi connectivity index (χ3v) is 5.71. The van der Waals surface area contributed by atoms with E-state index in [4.69, 9.17) is 39.5 Å². The Hall–Kier alpha value is -2.85. The molecule has 0 aliphatic carbocycles. The van der Waals surface area contributed by atoms with Crippen molar-refractivity contribution in [2.75, 3.05) is 47.2 Å². The molecule has 0 spiro atoms. The Morgan fingerprint density at radius 1 is 0.970 bits per heavy atom. The van der Waals surface area contributed by atoms with Crippen LogP contribution in [0.3, 0.4) is 0 Å². The summed E-state index contributed by atoms with van der Waals surface area (Å²) >= 11 is 18.5. The van der Waals surface area contributed by atoms with Gasteiger partial charge in [-0.25, -0.2) is 9.97 Å². The molecule has 0 radical (unpaired) electrons. The molecule has 1 fully saturated rings. The van der Waals surface area contributed by atoms with Gasteiger partial charge in [-0.15, -0.1) is 0 Å². The number of hydrogen-bond donors (Lipinski definition) is 3. The number of nitrogens with zero attached hydrogens (tertiary/aromatic N) is 4. The lowest BCUT2D eigenvalue weighted by Gasteiger charge is -2.27. The van der Waals surface area contributed by atoms with Gasteiger partial charge in [-0.3, -0.25) is 4.79 Å². The molecule has 1 aromatic carbocycles. The Labute approximate surface area is 205 Å². The maximum atomic E-state index is 11.6. The Kier molecular flexibility index (Phi) is 7.34. The second kappa shape index (κ2) is 10.4. The largest absolute Gasteiger partial charge is 0.378 e. The number of benzene rings is 1. The Morgan fingerprint density at radius 2 is 1.70 bits per heavy atom. The summed E-state index contributed by atoms with van der Waals surface area (Å²) in [5.74, 6) is 1.25. The highest BCUT2D eigenvalue weighted by Crippen LogP contribution is 2.35. The highest BCUT2D eigenvalue weighted by Gasteiger charge is 2.14. The number of rotatable bonds is 6. The molecule has 9 nitrogen and oxygen atoms in total. The maximum absolute atomic E-state index is 11.6. The minimum Gasteiger partial charge on any atom is -0.378 e. The van der Waals surface area contributed by atoms with Crippen molar-refractivity contribution in [3.05, 3.63) is 51.7 Å². The predicted octanol–water partition coefficient (Wildman–Crippen LogP) is 5.11. The van der Waals surface area contributed by atoms with Crippen molar-refractivity contribution in [1.82, 2.24) is 15.0 Å². The highest BCUT2D eigenvalue weighted by molar-refractivity contribution is 6.42. The van der Waals surface area contributed by atoms with Crippen LogP contribution >= 0.6 is 34.8 Å². The van der Waals surface area contributed by atoms with Gasteiger partial charge in [0.15, 0.2) is 5.82 Å². The fraction of sp³-hybridized carbons (Fsp3) is 0.238. The van der Waals surface area contributed by atoms with Crippen molar-refractivity contribution >= 4 is 75.4 Å². The summed E-state index contributed by atoms with van der Waals surface area (Å²) in [4.78, 5) is 26.9. The van der Waals surface area contributed by atoms with E-state index in [-0.39, 0.29) is 10.9 Å². The summed E-state index contributed by atoms with van der Waals surface area (Å²) in [6.45, 7) is 4.40. The van der Waals surface area contributed by atoms with Crippen molar-refractivity contribution in [2.45, 2.75) is 6.92 Å². The Balaban J connectivity index is 1.53. The number of halogens is 3. The van der Waals surface area contributed by atoms with Crippen molar-refractivity contribution in [1.29, 1.82) is 0 Å². The topological polar surface area (TPSA) is 104 Å². The SMILES string of the molecule is CC(=O)Nc1cc(Cl)c(Cl)cc1Nc1nc(Nc2ccc(N3CCOCC3)nc2)ncc1Cl. The molecule has 1 aliphatic rings. The van der Waals surface area contributed by atoms with E-state index >= 15 is 0 Å². The maximum Gasteiger partial charge on any atom is 0.229 e. The van der Waals surface area contributed by atoms with Crippen LogP contribution in [0.2, 0.25) is 15.1 Å². The quantitative estimate of drug-likeness (QED) is 0.422. The molecular formula is C21H20Cl3N7O2. The second-order valence-electron chi connectivity index (χ2n) is 7.14. The van der Waals surface area contributed by atoms with E-state index in [2.05, 4.69) is 35.8 Å². The Bertz CT molecular complexity index is 1160. The standard InChI is InChI=1S/C21H20Cl3N7O2/c1-12(32)27-17-8-14(22)15(23)9-18(17)29-20-16(24)11-26-21(30-20)28-13-2-3-19(25-10-13)31-4-6-33-7-5-31/h2-3,8-11H,4-7H2,1H3,(H,27,32)(H2,26,28,29,30). The second-order valence-corrected chi connectivity index (χ2v) is 8.36. The van der Waals surface area contributed by atoms with Gasteiger partial charge in [-0.05, 0) is 24.3 Å². The number of pyridine rings is 1. The fourth-order valence-corrected chi connectivity index (χ4v) is 3.62. The zero-order chi connectivity index (χ0) is 23.4. The van der Waals surface area contributed by atoms with Gasteiger partial charge in [-0.2, -0.15) is 4.98 Å². The normalized spacial score (nSPS) is 13.5. The smallest absolute Gasteiger partial charge is 0.229 e. The first-order chi connectivity index (χ1) is 15.9. The van der Waals surface area contributed by atoms with E-state index in [1.807, 2.05) is 12.1 Å². The zero-order valence-corrected chi connectivity index (χ0v) is 19.8. The molecule has 0 bridgehead atoms. The lowest BCUT2D eigenvalue weighted by atomic mass is 10.2. The molecule has 0 atom stereocenters. The first-order valence-corrected chi connectivity index (χ1v) is 11.1. The van der Waals surface area contributed by atoms with Gasteiger partial charge >= 0.3 is 0 Å². The number of hydrogen-bond acceptors (Lipinski definition) is 8. The zero-order valence-electron chi connectivity index (χ0n) is 17.5. The molecule has 0 unspecified atom stereocenters. The van der Waals surface area contributed by atoms with Crippen molar-refractivity contribution in [3.8, 4) is 0 Å². The summed E-state index contributed by atoms with van der Waals surface area (Å²) in [5.41, 5.74) is 1.63. The third kappa shape index (κ3) is 5.94. The molecule has 0 saturated carbocycles. The highest BCUT2D eigenvalue weighted by atomic mass is 35.5. The molecule has 12 heteroatoms. The fourth-order valence-electron chi connectivity index (χ4n) is 3.15. The minimum absolute atomic E-state index is 0.263. The first kappa shape index (κ1) is 23.3. The average molecular weight is 509 g/mol. The van der Waals surface area contributed by atoms with Gasteiger partial charge in [0.25, 0.3) is 0 Å². The van der Waals surface area contributed by atoms with E-state index in [0.29, 0.717) is 52.1 Å². The van der Waals surface area contributed by atoms with E-state index in [1.54, 1.807) is 18.3 Å². The van der Waals surface area contributed by atoms with E-state index in [0.717, 1.165) is 18.9 Å². The number of morpholine rings is 1. The lowest BCUT2D eigenvalue weighted by Crippen LogP contribution is -2.36. The number of carbonyl (C=O) groups excluding carboxylic acids is 1. The molecule has 3 N–H and O–H groups in total. The molecule has 4 rings (SSSR count). The lowest BCUT2D eigenvalue weighted by molar-refractivity contribution is -0.114. The van der Waals surface area contributed by atoms with Crippen LogP contribution in [0, 0.1) is 0 Å². The molecule has 3 heterocycles. The Morgan fingerprint density at radius 3 is 2.36 bits per heavy atom. The number of aromatic nitrogens is 3. The number of amides is 1. The number of carbonyl (C=O) groups is 1. The average Bonchev–Trinajstić information content (AvgIpc) is 2.80. The van der Waals surface area contributed by atoms with Crippen molar-refractivity contribution in [2.24, 2.45) is 0 Å². The van der Waals surface area contributed by atoms with Crippen LogP contribution < -0.4 is 20.9 Å². The summed E-state index contributed by atoms with van der Waals surface area (Å²) in [7, 11) is 0. The summed E-state index contributed by atoms with van der Waals surface area (Å²) in [6, 6.07) is 6.95. The van der Waals surface area contributed by atoms with E-state index < -0.39 is 0 Å². The van der Waals surface area contributed by atoms with Crippen LogP contribution in [0.25, 0.3) is 0 Å². The summed E-state index contributed by atoms with van der Waals surface area (Å²) in [5, 5.41) is 9.78. The van der Waals surface area contributed by atoms with Crippen LogP contribution in [0.4, 0.5) is 34.6 Å². The predicted molar refractivity (Wildman–Crippen MR) is 132 cm³/mol. The molecule has 1 aliphatic heterocycles. The van der Waals surface area contributed by atoms with Gasteiger partial charge in [0.2, 0.25) is 11.9 Å². The van der Waals surface area contributed by atoms with Gasteiger partial charge < -0.3 is 25.6 Å². The minimum atomic E-state index is -0.263.